The van der Waals surface area contributed by atoms with Gasteiger partial charge >= 0.3 is 0 Å². The summed E-state index contributed by atoms with van der Waals surface area (Å²) in [5.74, 6) is 1.84. The molecule has 0 aliphatic carbocycles. The Morgan fingerprint density at radius 1 is 1.40 bits per heavy atom. The SMILES string of the molecule is CCC(C)SCc1ncc(CNC)cn1. The van der Waals surface area contributed by atoms with Crippen LogP contribution in [0.1, 0.15) is 31.7 Å². The van der Waals surface area contributed by atoms with E-state index in [1.54, 1.807) is 0 Å². The zero-order valence-corrected chi connectivity index (χ0v) is 10.5. The van der Waals surface area contributed by atoms with Crippen LogP contribution in [0.15, 0.2) is 12.4 Å². The van der Waals surface area contributed by atoms with E-state index >= 15 is 0 Å². The van der Waals surface area contributed by atoms with E-state index < -0.39 is 0 Å². The van der Waals surface area contributed by atoms with Crippen LogP contribution < -0.4 is 5.32 Å². The van der Waals surface area contributed by atoms with Gasteiger partial charge in [-0.2, -0.15) is 11.8 Å². The molecule has 1 N–H and O–H groups in total. The first-order valence-corrected chi connectivity index (χ1v) is 6.37. The third-order valence-corrected chi connectivity index (χ3v) is 3.54. The Labute approximate surface area is 96.1 Å². The summed E-state index contributed by atoms with van der Waals surface area (Å²) in [6.45, 7) is 5.27. The molecule has 1 atom stereocenters. The van der Waals surface area contributed by atoms with E-state index in [4.69, 9.17) is 0 Å². The van der Waals surface area contributed by atoms with E-state index in [0.29, 0.717) is 5.25 Å². The van der Waals surface area contributed by atoms with Crippen LogP contribution in [0, 0.1) is 0 Å². The fraction of sp³-hybridized carbons (Fsp3) is 0.636. The number of rotatable bonds is 6. The highest BCUT2D eigenvalue weighted by Gasteiger charge is 2.02. The standard InChI is InChI=1S/C11H19N3S/c1-4-9(2)15-8-11-13-6-10(5-12-3)7-14-11/h6-7,9,12H,4-5,8H2,1-3H3. The number of aromatic nitrogens is 2. The average Bonchev–Trinajstić information content (AvgIpc) is 2.28. The van der Waals surface area contributed by atoms with Crippen LogP contribution in [-0.4, -0.2) is 22.3 Å². The van der Waals surface area contributed by atoms with Crippen molar-refractivity contribution < 1.29 is 0 Å². The molecule has 0 saturated carbocycles. The van der Waals surface area contributed by atoms with Crippen LogP contribution in [0.25, 0.3) is 0 Å². The summed E-state index contributed by atoms with van der Waals surface area (Å²) in [6.07, 6.45) is 4.99. The molecule has 0 aliphatic heterocycles. The molecule has 0 amide bonds. The second-order valence-electron chi connectivity index (χ2n) is 3.57. The van der Waals surface area contributed by atoms with Gasteiger partial charge < -0.3 is 5.32 Å². The summed E-state index contributed by atoms with van der Waals surface area (Å²) in [5, 5.41) is 3.76. The van der Waals surface area contributed by atoms with E-state index in [1.807, 2.05) is 31.2 Å². The van der Waals surface area contributed by atoms with E-state index in [0.717, 1.165) is 23.7 Å². The fourth-order valence-corrected chi connectivity index (χ4v) is 1.90. The molecule has 0 saturated heterocycles. The maximum atomic E-state index is 4.33. The largest absolute Gasteiger partial charge is 0.316 e. The number of nitrogens with one attached hydrogen (secondary N) is 1. The predicted octanol–water partition coefficient (Wildman–Crippen LogP) is 2.23. The molecular weight excluding hydrogens is 206 g/mol. The lowest BCUT2D eigenvalue weighted by molar-refractivity contribution is 0.801. The second kappa shape index (κ2) is 6.80. The molecule has 15 heavy (non-hydrogen) atoms. The Morgan fingerprint density at radius 3 is 2.60 bits per heavy atom. The highest BCUT2D eigenvalue weighted by Crippen LogP contribution is 2.17. The van der Waals surface area contributed by atoms with Gasteiger partial charge in [0.15, 0.2) is 0 Å². The Hall–Kier alpha value is -0.610. The maximum absolute atomic E-state index is 4.33. The minimum Gasteiger partial charge on any atom is -0.316 e. The lowest BCUT2D eigenvalue weighted by Gasteiger charge is -2.07. The molecule has 1 unspecified atom stereocenters. The van der Waals surface area contributed by atoms with E-state index in [9.17, 15) is 0 Å². The van der Waals surface area contributed by atoms with Gasteiger partial charge in [0, 0.05) is 29.8 Å². The number of hydrogen-bond donors (Lipinski definition) is 1. The topological polar surface area (TPSA) is 37.8 Å². The quantitative estimate of drug-likeness (QED) is 0.805. The van der Waals surface area contributed by atoms with Gasteiger partial charge in [0.2, 0.25) is 0 Å². The second-order valence-corrected chi connectivity index (χ2v) is 4.99. The molecule has 1 rings (SSSR count). The van der Waals surface area contributed by atoms with Gasteiger partial charge in [0.1, 0.15) is 5.82 Å². The van der Waals surface area contributed by atoms with Gasteiger partial charge in [-0.25, -0.2) is 9.97 Å². The van der Waals surface area contributed by atoms with Crippen molar-refractivity contribution in [1.29, 1.82) is 0 Å². The van der Waals surface area contributed by atoms with E-state index in [1.165, 1.54) is 6.42 Å². The molecule has 0 bridgehead atoms. The molecule has 0 aliphatic rings. The lowest BCUT2D eigenvalue weighted by Crippen LogP contribution is -2.06. The van der Waals surface area contributed by atoms with Crippen LogP contribution in [0.5, 0.6) is 0 Å². The molecule has 4 heteroatoms. The van der Waals surface area contributed by atoms with Crippen molar-refractivity contribution in [3.8, 4) is 0 Å². The highest BCUT2D eigenvalue weighted by atomic mass is 32.2. The summed E-state index contributed by atoms with van der Waals surface area (Å²) in [5.41, 5.74) is 1.13. The van der Waals surface area contributed by atoms with Gasteiger partial charge in [-0.05, 0) is 13.5 Å². The molecule has 1 aromatic rings. The summed E-state index contributed by atoms with van der Waals surface area (Å²) in [7, 11) is 1.92. The first kappa shape index (κ1) is 12.5. The molecule has 3 nitrogen and oxygen atoms in total. The van der Waals surface area contributed by atoms with Crippen molar-refractivity contribution in [3.63, 3.8) is 0 Å². The van der Waals surface area contributed by atoms with Crippen LogP contribution in [0.4, 0.5) is 0 Å². The zero-order chi connectivity index (χ0) is 11.1. The van der Waals surface area contributed by atoms with Crippen molar-refractivity contribution >= 4 is 11.8 Å². The van der Waals surface area contributed by atoms with E-state index in [2.05, 4.69) is 29.1 Å². The molecule has 1 heterocycles. The van der Waals surface area contributed by atoms with Gasteiger partial charge in [-0.1, -0.05) is 13.8 Å². The Balaban J connectivity index is 2.42. The summed E-state index contributed by atoms with van der Waals surface area (Å²) in [4.78, 5) is 8.66. The first-order chi connectivity index (χ1) is 7.26. The molecule has 1 aromatic heterocycles. The fourth-order valence-electron chi connectivity index (χ4n) is 1.09. The average molecular weight is 225 g/mol. The Bertz CT molecular complexity index is 274. The normalized spacial score (nSPS) is 12.7. The minimum absolute atomic E-state index is 0.686. The molecule has 0 aromatic carbocycles. The predicted molar refractivity (Wildman–Crippen MR) is 65.8 cm³/mol. The number of nitrogens with zero attached hydrogens (tertiary/aromatic N) is 2. The molecule has 84 valence electrons. The Morgan fingerprint density at radius 2 is 2.07 bits per heavy atom. The third kappa shape index (κ3) is 4.62. The van der Waals surface area contributed by atoms with E-state index in [-0.39, 0.29) is 0 Å². The maximum Gasteiger partial charge on any atom is 0.138 e. The van der Waals surface area contributed by atoms with Crippen molar-refractivity contribution in [2.24, 2.45) is 0 Å². The van der Waals surface area contributed by atoms with Crippen LogP contribution >= 0.6 is 11.8 Å². The van der Waals surface area contributed by atoms with Crippen molar-refractivity contribution in [3.05, 3.63) is 23.8 Å². The van der Waals surface area contributed by atoms with Crippen LogP contribution in [0.3, 0.4) is 0 Å². The summed E-state index contributed by atoms with van der Waals surface area (Å²) < 4.78 is 0. The van der Waals surface area contributed by atoms with Gasteiger partial charge in [-0.15, -0.1) is 0 Å². The number of thioether (sulfide) groups is 1. The van der Waals surface area contributed by atoms with Crippen molar-refractivity contribution in [1.82, 2.24) is 15.3 Å². The monoisotopic (exact) mass is 225 g/mol. The first-order valence-electron chi connectivity index (χ1n) is 5.32. The summed E-state index contributed by atoms with van der Waals surface area (Å²) in [6, 6.07) is 0. The van der Waals surface area contributed by atoms with Gasteiger partial charge in [-0.3, -0.25) is 0 Å². The van der Waals surface area contributed by atoms with Gasteiger partial charge in [0.25, 0.3) is 0 Å². The highest BCUT2D eigenvalue weighted by molar-refractivity contribution is 7.99. The minimum atomic E-state index is 0.686. The lowest BCUT2D eigenvalue weighted by atomic mass is 10.3. The van der Waals surface area contributed by atoms with Crippen LogP contribution in [0.2, 0.25) is 0 Å². The molecule has 0 radical (unpaired) electrons. The Kier molecular flexibility index (Phi) is 5.65. The van der Waals surface area contributed by atoms with Gasteiger partial charge in [0.05, 0.1) is 5.75 Å². The molecule has 0 fully saturated rings. The van der Waals surface area contributed by atoms with Crippen LogP contribution in [-0.2, 0) is 12.3 Å². The number of hydrogen-bond acceptors (Lipinski definition) is 4. The zero-order valence-electron chi connectivity index (χ0n) is 9.66. The smallest absolute Gasteiger partial charge is 0.138 e. The third-order valence-electron chi connectivity index (χ3n) is 2.21. The van der Waals surface area contributed by atoms with Crippen molar-refractivity contribution in [2.45, 2.75) is 37.8 Å². The molecule has 0 spiro atoms. The molecular formula is C11H19N3S. The summed E-state index contributed by atoms with van der Waals surface area (Å²) >= 11 is 1.91. The van der Waals surface area contributed by atoms with Crippen molar-refractivity contribution in [2.75, 3.05) is 7.05 Å².